The van der Waals surface area contributed by atoms with Crippen LogP contribution in [0, 0.1) is 6.92 Å². The van der Waals surface area contributed by atoms with E-state index >= 15 is 0 Å². The van der Waals surface area contributed by atoms with E-state index in [9.17, 15) is 8.42 Å². The van der Waals surface area contributed by atoms with E-state index in [-0.39, 0.29) is 10.7 Å². The molecule has 0 heterocycles. The summed E-state index contributed by atoms with van der Waals surface area (Å²) >= 11 is 0. The standard InChI is InChI=1S/C20H29NO2SSi/c1-16-12-14-18(15-13-16)24(22,23)21-19(17-10-8-7-9-11-17)25(5,6)20(2,3)4/h7-15,19,21H,1-6H3/t19-/m0/s1. The lowest BCUT2D eigenvalue weighted by Gasteiger charge is -2.43. The molecular formula is C20H29NO2SSi. The van der Waals surface area contributed by atoms with E-state index in [0.29, 0.717) is 4.90 Å². The zero-order valence-corrected chi connectivity index (χ0v) is 17.8. The Morgan fingerprint density at radius 2 is 1.44 bits per heavy atom. The molecule has 0 spiro atoms. The average molecular weight is 376 g/mol. The first kappa shape index (κ1) is 19.9. The number of hydrogen-bond donors (Lipinski definition) is 1. The lowest BCUT2D eigenvalue weighted by molar-refractivity contribution is 0.573. The molecule has 0 amide bonds. The second-order valence-electron chi connectivity index (χ2n) is 8.25. The number of benzene rings is 2. The van der Waals surface area contributed by atoms with Gasteiger partial charge < -0.3 is 0 Å². The molecule has 25 heavy (non-hydrogen) atoms. The summed E-state index contributed by atoms with van der Waals surface area (Å²) < 4.78 is 29.1. The molecule has 1 N–H and O–H groups in total. The summed E-state index contributed by atoms with van der Waals surface area (Å²) in [5.41, 5.74) is 1.88. The van der Waals surface area contributed by atoms with Crippen molar-refractivity contribution >= 4 is 18.1 Å². The van der Waals surface area contributed by atoms with Crippen LogP contribution in [0.2, 0.25) is 18.1 Å². The van der Waals surface area contributed by atoms with E-state index < -0.39 is 18.1 Å². The molecule has 2 aromatic carbocycles. The van der Waals surface area contributed by atoms with Crippen molar-refractivity contribution < 1.29 is 8.42 Å². The molecule has 1 atom stereocenters. The molecule has 0 radical (unpaired) electrons. The molecule has 0 aliphatic carbocycles. The zero-order valence-electron chi connectivity index (χ0n) is 16.0. The Morgan fingerprint density at radius 1 is 0.920 bits per heavy atom. The summed E-state index contributed by atoms with van der Waals surface area (Å²) in [5.74, 6) is 0. The maximum absolute atomic E-state index is 13.0. The minimum absolute atomic E-state index is 0.0449. The summed E-state index contributed by atoms with van der Waals surface area (Å²) in [6, 6.07) is 16.9. The Hall–Kier alpha value is -1.43. The lowest BCUT2D eigenvalue weighted by atomic mass is 10.2. The highest BCUT2D eigenvalue weighted by Crippen LogP contribution is 2.44. The van der Waals surface area contributed by atoms with Gasteiger partial charge in [0, 0.05) is 5.67 Å². The summed E-state index contributed by atoms with van der Waals surface area (Å²) in [7, 11) is -5.60. The van der Waals surface area contributed by atoms with Gasteiger partial charge in [-0.3, -0.25) is 0 Å². The molecule has 0 aliphatic heterocycles. The molecule has 0 saturated carbocycles. The fourth-order valence-electron chi connectivity index (χ4n) is 2.65. The fraction of sp³-hybridized carbons (Fsp3) is 0.400. The molecule has 136 valence electrons. The van der Waals surface area contributed by atoms with Crippen molar-refractivity contribution in [1.82, 2.24) is 4.72 Å². The van der Waals surface area contributed by atoms with Crippen LogP contribution < -0.4 is 4.72 Å². The van der Waals surface area contributed by atoms with Crippen LogP contribution >= 0.6 is 0 Å². The monoisotopic (exact) mass is 375 g/mol. The van der Waals surface area contributed by atoms with Gasteiger partial charge in [0.25, 0.3) is 0 Å². The number of nitrogens with one attached hydrogen (secondary N) is 1. The van der Waals surface area contributed by atoms with Crippen LogP contribution in [0.4, 0.5) is 0 Å². The molecule has 0 aliphatic rings. The molecule has 0 fully saturated rings. The van der Waals surface area contributed by atoms with Crippen molar-refractivity contribution in [2.75, 3.05) is 0 Å². The van der Waals surface area contributed by atoms with Crippen molar-refractivity contribution in [2.45, 2.75) is 56.4 Å². The van der Waals surface area contributed by atoms with Gasteiger partial charge >= 0.3 is 0 Å². The molecule has 2 aromatic rings. The molecule has 0 aromatic heterocycles. The fourth-order valence-corrected chi connectivity index (χ4v) is 7.26. The Labute approximate surface area is 153 Å². The number of rotatable bonds is 5. The average Bonchev–Trinajstić information content (AvgIpc) is 2.53. The molecule has 0 saturated heterocycles. The van der Waals surface area contributed by atoms with Crippen LogP contribution in [0.15, 0.2) is 59.5 Å². The first-order valence-corrected chi connectivity index (χ1v) is 13.2. The van der Waals surface area contributed by atoms with Gasteiger partial charge in [-0.15, -0.1) is 0 Å². The minimum atomic E-state index is -3.58. The SMILES string of the molecule is Cc1ccc(S(=O)(=O)N[C@H](c2ccccc2)[Si](C)(C)C(C)(C)C)cc1. The maximum Gasteiger partial charge on any atom is 0.240 e. The summed E-state index contributed by atoms with van der Waals surface area (Å²) in [6.07, 6.45) is 0. The molecule has 2 rings (SSSR count). The summed E-state index contributed by atoms with van der Waals surface area (Å²) in [6.45, 7) is 13.1. The largest absolute Gasteiger partial charge is 0.240 e. The van der Waals surface area contributed by atoms with Crippen LogP contribution in [0.5, 0.6) is 0 Å². The Balaban J connectivity index is 2.49. The van der Waals surface area contributed by atoms with Gasteiger partial charge in [0.1, 0.15) is 0 Å². The molecule has 3 nitrogen and oxygen atoms in total. The van der Waals surface area contributed by atoms with Gasteiger partial charge in [0.15, 0.2) is 0 Å². The maximum atomic E-state index is 13.0. The predicted molar refractivity (Wildman–Crippen MR) is 108 cm³/mol. The van der Waals surface area contributed by atoms with Gasteiger partial charge in [-0.05, 0) is 29.7 Å². The third kappa shape index (κ3) is 4.40. The number of aryl methyl sites for hydroxylation is 1. The lowest BCUT2D eigenvalue weighted by Crippen LogP contribution is -2.51. The van der Waals surface area contributed by atoms with Crippen LogP contribution in [-0.4, -0.2) is 16.5 Å². The Bertz CT molecular complexity index is 807. The highest BCUT2D eigenvalue weighted by atomic mass is 32.2. The van der Waals surface area contributed by atoms with Gasteiger partial charge in [-0.2, -0.15) is 0 Å². The van der Waals surface area contributed by atoms with Crippen molar-refractivity contribution in [2.24, 2.45) is 0 Å². The third-order valence-electron chi connectivity index (χ3n) is 5.39. The number of sulfonamides is 1. The molecule has 0 unspecified atom stereocenters. The predicted octanol–water partition coefficient (Wildman–Crippen LogP) is 5.06. The van der Waals surface area contributed by atoms with Gasteiger partial charge in [-0.1, -0.05) is 81.9 Å². The van der Waals surface area contributed by atoms with Crippen molar-refractivity contribution in [3.05, 3.63) is 65.7 Å². The highest BCUT2D eigenvalue weighted by molar-refractivity contribution is 7.89. The van der Waals surface area contributed by atoms with E-state index in [1.165, 1.54) is 0 Å². The van der Waals surface area contributed by atoms with Crippen LogP contribution in [0.25, 0.3) is 0 Å². The van der Waals surface area contributed by atoms with Crippen LogP contribution in [0.3, 0.4) is 0 Å². The van der Waals surface area contributed by atoms with Crippen LogP contribution in [0.1, 0.15) is 37.6 Å². The van der Waals surface area contributed by atoms with Gasteiger partial charge in [0.2, 0.25) is 10.0 Å². The summed E-state index contributed by atoms with van der Waals surface area (Å²) in [4.78, 5) is 0.317. The van der Waals surface area contributed by atoms with Gasteiger partial charge in [0.05, 0.1) is 13.0 Å². The number of hydrogen-bond acceptors (Lipinski definition) is 2. The van der Waals surface area contributed by atoms with E-state index in [0.717, 1.165) is 11.1 Å². The second-order valence-corrected chi connectivity index (χ2v) is 15.5. The van der Waals surface area contributed by atoms with E-state index in [4.69, 9.17) is 0 Å². The van der Waals surface area contributed by atoms with Crippen molar-refractivity contribution in [1.29, 1.82) is 0 Å². The molecular weight excluding hydrogens is 346 g/mol. The molecule has 5 heteroatoms. The van der Waals surface area contributed by atoms with E-state index in [1.54, 1.807) is 12.1 Å². The zero-order chi connectivity index (χ0) is 18.9. The Kier molecular flexibility index (Phi) is 5.61. The third-order valence-corrected chi connectivity index (χ3v) is 12.8. The van der Waals surface area contributed by atoms with Crippen LogP contribution in [-0.2, 0) is 10.0 Å². The second kappa shape index (κ2) is 7.06. The quantitative estimate of drug-likeness (QED) is 0.742. The topological polar surface area (TPSA) is 46.2 Å². The smallest absolute Gasteiger partial charge is 0.207 e. The van der Waals surface area contributed by atoms with Crippen molar-refractivity contribution in [3.63, 3.8) is 0 Å². The van der Waals surface area contributed by atoms with E-state index in [1.807, 2.05) is 49.4 Å². The Morgan fingerprint density at radius 3 is 1.92 bits per heavy atom. The van der Waals surface area contributed by atoms with E-state index in [2.05, 4.69) is 38.6 Å². The first-order chi connectivity index (χ1) is 11.4. The normalized spacial score (nSPS) is 14.3. The van der Waals surface area contributed by atoms with Crippen molar-refractivity contribution in [3.8, 4) is 0 Å². The van der Waals surface area contributed by atoms with Gasteiger partial charge in [-0.25, -0.2) is 13.1 Å². The molecule has 0 bridgehead atoms. The minimum Gasteiger partial charge on any atom is -0.207 e. The first-order valence-electron chi connectivity index (χ1n) is 8.59. The summed E-state index contributed by atoms with van der Waals surface area (Å²) in [5, 5.41) is 0.0449. The highest BCUT2D eigenvalue weighted by Gasteiger charge is 2.44.